The molecular formula is C13H17N5O. The van der Waals surface area contributed by atoms with Gasteiger partial charge in [0.2, 0.25) is 0 Å². The number of aromatic hydroxyl groups is 1. The molecule has 1 saturated heterocycles. The molecule has 100 valence electrons. The Hall–Kier alpha value is -1.92. The molecule has 2 heterocycles. The maximum Gasteiger partial charge on any atom is 0.181 e. The normalized spacial score (nSPS) is 16.6. The molecule has 0 atom stereocenters. The molecule has 0 aliphatic carbocycles. The Labute approximate surface area is 111 Å². The summed E-state index contributed by atoms with van der Waals surface area (Å²) in [5.74, 6) is 1.80. The highest BCUT2D eigenvalue weighted by atomic mass is 16.3. The minimum Gasteiger partial charge on any atom is -0.508 e. The summed E-state index contributed by atoms with van der Waals surface area (Å²) in [6.45, 7) is 4.93. The Balaban J connectivity index is 1.70. The van der Waals surface area contributed by atoms with Gasteiger partial charge in [0.25, 0.3) is 0 Å². The maximum absolute atomic E-state index is 9.26. The van der Waals surface area contributed by atoms with Crippen LogP contribution in [0.25, 0.3) is 11.4 Å². The molecule has 6 heteroatoms. The lowest BCUT2D eigenvalue weighted by Gasteiger charge is -2.25. The Morgan fingerprint density at radius 3 is 2.63 bits per heavy atom. The van der Waals surface area contributed by atoms with E-state index in [2.05, 4.69) is 25.4 Å². The van der Waals surface area contributed by atoms with Gasteiger partial charge in [0.15, 0.2) is 5.82 Å². The predicted molar refractivity (Wildman–Crippen MR) is 71.6 cm³/mol. The third-order valence-electron chi connectivity index (χ3n) is 3.24. The summed E-state index contributed by atoms with van der Waals surface area (Å²) in [7, 11) is 0. The van der Waals surface area contributed by atoms with E-state index < -0.39 is 0 Å². The van der Waals surface area contributed by atoms with Crippen LogP contribution in [0.3, 0.4) is 0 Å². The van der Waals surface area contributed by atoms with Crippen molar-refractivity contribution in [2.75, 3.05) is 26.2 Å². The van der Waals surface area contributed by atoms with Gasteiger partial charge in [-0.3, -0.25) is 10.00 Å². The van der Waals surface area contributed by atoms with Crippen molar-refractivity contribution in [1.29, 1.82) is 0 Å². The highest BCUT2D eigenvalue weighted by Gasteiger charge is 2.13. The van der Waals surface area contributed by atoms with Crippen LogP contribution >= 0.6 is 0 Å². The second-order valence-corrected chi connectivity index (χ2v) is 4.68. The Bertz CT molecular complexity index is 530. The topological polar surface area (TPSA) is 77.1 Å². The Kier molecular flexibility index (Phi) is 3.43. The van der Waals surface area contributed by atoms with Crippen LogP contribution < -0.4 is 5.32 Å². The fourth-order valence-electron chi connectivity index (χ4n) is 2.19. The Morgan fingerprint density at radius 2 is 1.89 bits per heavy atom. The first kappa shape index (κ1) is 12.1. The second kappa shape index (κ2) is 5.38. The molecule has 0 spiro atoms. The van der Waals surface area contributed by atoms with Gasteiger partial charge >= 0.3 is 0 Å². The van der Waals surface area contributed by atoms with Crippen LogP contribution in [0.2, 0.25) is 0 Å². The van der Waals surface area contributed by atoms with Crippen LogP contribution in [-0.4, -0.2) is 51.4 Å². The van der Waals surface area contributed by atoms with Crippen LogP contribution in [0.1, 0.15) is 5.82 Å². The average molecular weight is 259 g/mol. The first-order valence-electron chi connectivity index (χ1n) is 6.45. The van der Waals surface area contributed by atoms with E-state index in [1.165, 1.54) is 0 Å². The van der Waals surface area contributed by atoms with Gasteiger partial charge in [0.1, 0.15) is 11.6 Å². The number of H-pyrrole nitrogens is 1. The molecule has 1 fully saturated rings. The quantitative estimate of drug-likeness (QED) is 0.751. The zero-order valence-electron chi connectivity index (χ0n) is 10.6. The molecule has 3 N–H and O–H groups in total. The fourth-order valence-corrected chi connectivity index (χ4v) is 2.19. The molecule has 0 amide bonds. The third-order valence-corrected chi connectivity index (χ3v) is 3.24. The molecule has 3 rings (SSSR count). The molecule has 1 aliphatic heterocycles. The molecule has 1 aromatic carbocycles. The van der Waals surface area contributed by atoms with E-state index in [0.29, 0.717) is 5.82 Å². The fraction of sp³-hybridized carbons (Fsp3) is 0.385. The summed E-state index contributed by atoms with van der Waals surface area (Å²) >= 11 is 0. The zero-order chi connectivity index (χ0) is 13.1. The lowest BCUT2D eigenvalue weighted by molar-refractivity contribution is 0.228. The third kappa shape index (κ3) is 2.91. The summed E-state index contributed by atoms with van der Waals surface area (Å²) in [6, 6.07) is 6.91. The summed E-state index contributed by atoms with van der Waals surface area (Å²) in [6.07, 6.45) is 0. The highest BCUT2D eigenvalue weighted by molar-refractivity contribution is 5.55. The van der Waals surface area contributed by atoms with Crippen molar-refractivity contribution in [1.82, 2.24) is 25.4 Å². The van der Waals surface area contributed by atoms with E-state index in [1.54, 1.807) is 12.1 Å². The van der Waals surface area contributed by atoms with Crippen LogP contribution in [-0.2, 0) is 6.54 Å². The Morgan fingerprint density at radius 1 is 1.16 bits per heavy atom. The highest BCUT2D eigenvalue weighted by Crippen LogP contribution is 2.18. The van der Waals surface area contributed by atoms with Gasteiger partial charge in [-0.1, -0.05) is 0 Å². The van der Waals surface area contributed by atoms with E-state index in [0.717, 1.165) is 44.1 Å². The number of aromatic amines is 1. The van der Waals surface area contributed by atoms with Crippen molar-refractivity contribution < 1.29 is 5.11 Å². The van der Waals surface area contributed by atoms with E-state index >= 15 is 0 Å². The number of piperazine rings is 1. The van der Waals surface area contributed by atoms with E-state index in [4.69, 9.17) is 0 Å². The lowest BCUT2D eigenvalue weighted by atomic mass is 10.2. The van der Waals surface area contributed by atoms with Crippen molar-refractivity contribution in [3.8, 4) is 17.1 Å². The summed E-state index contributed by atoms with van der Waals surface area (Å²) < 4.78 is 0. The van der Waals surface area contributed by atoms with E-state index in [1.807, 2.05) is 12.1 Å². The van der Waals surface area contributed by atoms with E-state index in [-0.39, 0.29) is 5.75 Å². The first-order valence-corrected chi connectivity index (χ1v) is 6.45. The average Bonchev–Trinajstić information content (AvgIpc) is 2.89. The molecule has 0 saturated carbocycles. The molecule has 0 unspecified atom stereocenters. The number of hydrogen-bond donors (Lipinski definition) is 3. The molecular weight excluding hydrogens is 242 g/mol. The number of benzene rings is 1. The van der Waals surface area contributed by atoms with Crippen molar-refractivity contribution in [3.63, 3.8) is 0 Å². The van der Waals surface area contributed by atoms with Crippen molar-refractivity contribution in [2.45, 2.75) is 6.54 Å². The van der Waals surface area contributed by atoms with Gasteiger partial charge in [0, 0.05) is 31.7 Å². The zero-order valence-corrected chi connectivity index (χ0v) is 10.6. The number of rotatable bonds is 3. The molecule has 2 aromatic rings. The largest absolute Gasteiger partial charge is 0.508 e. The van der Waals surface area contributed by atoms with Gasteiger partial charge in [-0.2, -0.15) is 5.10 Å². The molecule has 19 heavy (non-hydrogen) atoms. The van der Waals surface area contributed by atoms with E-state index in [9.17, 15) is 5.11 Å². The lowest BCUT2D eigenvalue weighted by Crippen LogP contribution is -2.43. The van der Waals surface area contributed by atoms with Gasteiger partial charge < -0.3 is 10.4 Å². The van der Waals surface area contributed by atoms with Crippen LogP contribution in [0, 0.1) is 0 Å². The summed E-state index contributed by atoms with van der Waals surface area (Å²) in [4.78, 5) is 6.84. The number of phenolic OH excluding ortho intramolecular Hbond substituents is 1. The van der Waals surface area contributed by atoms with Crippen LogP contribution in [0.15, 0.2) is 24.3 Å². The number of nitrogens with zero attached hydrogens (tertiary/aromatic N) is 3. The summed E-state index contributed by atoms with van der Waals surface area (Å²) in [5, 5.41) is 19.8. The number of nitrogens with one attached hydrogen (secondary N) is 2. The van der Waals surface area contributed by atoms with Gasteiger partial charge in [0.05, 0.1) is 6.54 Å². The van der Waals surface area contributed by atoms with Crippen LogP contribution in [0.4, 0.5) is 0 Å². The monoisotopic (exact) mass is 259 g/mol. The van der Waals surface area contributed by atoms with Crippen molar-refractivity contribution in [3.05, 3.63) is 30.1 Å². The summed E-state index contributed by atoms with van der Waals surface area (Å²) in [5.41, 5.74) is 0.903. The smallest absolute Gasteiger partial charge is 0.181 e. The SMILES string of the molecule is Oc1ccc(-c2n[nH]c(CN3CCNCC3)n2)cc1. The molecule has 0 bridgehead atoms. The van der Waals surface area contributed by atoms with Gasteiger partial charge in [-0.15, -0.1) is 0 Å². The van der Waals surface area contributed by atoms with Crippen molar-refractivity contribution >= 4 is 0 Å². The maximum atomic E-state index is 9.26. The first-order chi connectivity index (χ1) is 9.31. The molecule has 0 radical (unpaired) electrons. The standard InChI is InChI=1S/C13H17N5O/c19-11-3-1-10(2-4-11)13-15-12(16-17-13)9-18-7-5-14-6-8-18/h1-4,14,19H,5-9H2,(H,15,16,17). The second-order valence-electron chi connectivity index (χ2n) is 4.68. The predicted octanol–water partition coefficient (Wildman–Crippen LogP) is 0.582. The molecule has 6 nitrogen and oxygen atoms in total. The number of phenols is 1. The molecule has 1 aromatic heterocycles. The minimum atomic E-state index is 0.250. The van der Waals surface area contributed by atoms with Crippen LogP contribution in [0.5, 0.6) is 5.75 Å². The number of aromatic nitrogens is 3. The van der Waals surface area contributed by atoms with Crippen molar-refractivity contribution in [2.24, 2.45) is 0 Å². The molecule has 1 aliphatic rings. The minimum absolute atomic E-state index is 0.250. The van der Waals surface area contributed by atoms with Gasteiger partial charge in [-0.05, 0) is 24.3 Å². The van der Waals surface area contributed by atoms with Gasteiger partial charge in [-0.25, -0.2) is 4.98 Å². The number of hydrogen-bond acceptors (Lipinski definition) is 5.